The van der Waals surface area contributed by atoms with E-state index in [2.05, 4.69) is 168 Å². The number of hydrogen-bond donors (Lipinski definition) is 0. The highest BCUT2D eigenvalue weighted by Gasteiger charge is 2.20. The highest BCUT2D eigenvalue weighted by Crippen LogP contribution is 2.44. The third-order valence-corrected chi connectivity index (χ3v) is 9.95. The molecule has 0 atom stereocenters. The number of nitrogens with zero attached hydrogens (tertiary/aromatic N) is 2. The number of hydrogen-bond acceptors (Lipinski definition) is 3. The third-order valence-electron chi connectivity index (χ3n) is 9.95. The Bertz CT molecular complexity index is 2850. The summed E-state index contributed by atoms with van der Waals surface area (Å²) in [6.07, 6.45) is 3.68. The van der Waals surface area contributed by atoms with Crippen molar-refractivity contribution in [2.75, 3.05) is 4.90 Å². The lowest BCUT2D eigenvalue weighted by molar-refractivity contribution is 0.668. The van der Waals surface area contributed by atoms with Crippen molar-refractivity contribution in [3.05, 3.63) is 182 Å². The molecular formula is C47H30N2O. The van der Waals surface area contributed by atoms with Crippen molar-refractivity contribution >= 4 is 71.3 Å². The quantitative estimate of drug-likeness (QED) is 0.176. The molecule has 0 amide bonds. The van der Waals surface area contributed by atoms with Crippen LogP contribution in [0, 0.1) is 0 Å². The van der Waals surface area contributed by atoms with Crippen LogP contribution in [-0.2, 0) is 0 Å². The summed E-state index contributed by atoms with van der Waals surface area (Å²) in [6.45, 7) is 0. The first-order chi connectivity index (χ1) is 24.8. The van der Waals surface area contributed by atoms with E-state index in [1.807, 2.05) is 18.3 Å². The summed E-state index contributed by atoms with van der Waals surface area (Å²) in [4.78, 5) is 6.79. The fourth-order valence-electron chi connectivity index (χ4n) is 7.59. The van der Waals surface area contributed by atoms with E-state index < -0.39 is 0 Å². The maximum atomic E-state index is 6.31. The molecule has 0 aliphatic rings. The zero-order chi connectivity index (χ0) is 33.0. The van der Waals surface area contributed by atoms with E-state index in [0.717, 1.165) is 39.0 Å². The van der Waals surface area contributed by atoms with Gasteiger partial charge in [0.25, 0.3) is 0 Å². The summed E-state index contributed by atoms with van der Waals surface area (Å²) in [5, 5.41) is 9.62. The van der Waals surface area contributed by atoms with Crippen molar-refractivity contribution in [3.63, 3.8) is 0 Å². The smallest absolute Gasteiger partial charge is 0.138 e. The molecule has 50 heavy (non-hydrogen) atoms. The molecule has 0 unspecified atom stereocenters. The predicted octanol–water partition coefficient (Wildman–Crippen LogP) is 13.2. The molecule has 0 aliphatic heterocycles. The molecule has 3 nitrogen and oxygen atoms in total. The molecule has 3 heteroatoms. The number of furan rings is 1. The number of benzene rings is 8. The lowest BCUT2D eigenvalue weighted by Gasteiger charge is -2.26. The molecule has 8 aromatic carbocycles. The Hall–Kier alpha value is -6.71. The monoisotopic (exact) mass is 638 g/mol. The molecule has 0 saturated carbocycles. The molecule has 2 aromatic heterocycles. The molecule has 0 aliphatic carbocycles. The van der Waals surface area contributed by atoms with Gasteiger partial charge in [-0.15, -0.1) is 0 Å². The van der Waals surface area contributed by atoms with E-state index in [0.29, 0.717) is 0 Å². The van der Waals surface area contributed by atoms with Gasteiger partial charge in [-0.1, -0.05) is 121 Å². The summed E-state index contributed by atoms with van der Waals surface area (Å²) in [7, 11) is 0. The van der Waals surface area contributed by atoms with Gasteiger partial charge in [-0.25, -0.2) is 0 Å². The molecule has 234 valence electrons. The van der Waals surface area contributed by atoms with Crippen LogP contribution in [0.4, 0.5) is 17.1 Å². The maximum Gasteiger partial charge on any atom is 0.138 e. The summed E-state index contributed by atoms with van der Waals surface area (Å²) < 4.78 is 6.31. The van der Waals surface area contributed by atoms with E-state index in [-0.39, 0.29) is 0 Å². The summed E-state index contributed by atoms with van der Waals surface area (Å²) >= 11 is 0. The molecule has 10 aromatic rings. The van der Waals surface area contributed by atoms with E-state index >= 15 is 0 Å². The van der Waals surface area contributed by atoms with E-state index in [1.54, 1.807) is 6.20 Å². The molecule has 0 fully saturated rings. The van der Waals surface area contributed by atoms with Crippen LogP contribution in [0.15, 0.2) is 187 Å². The van der Waals surface area contributed by atoms with E-state index in [1.165, 1.54) is 54.6 Å². The van der Waals surface area contributed by atoms with Gasteiger partial charge in [0.1, 0.15) is 11.2 Å². The first-order valence-electron chi connectivity index (χ1n) is 16.9. The molecular weight excluding hydrogens is 609 g/mol. The molecule has 2 heterocycles. The van der Waals surface area contributed by atoms with Gasteiger partial charge in [-0.3, -0.25) is 4.98 Å². The fourth-order valence-corrected chi connectivity index (χ4v) is 7.59. The van der Waals surface area contributed by atoms with Crippen molar-refractivity contribution in [3.8, 4) is 22.3 Å². The summed E-state index contributed by atoms with van der Waals surface area (Å²) in [6, 6.07) is 60.8. The van der Waals surface area contributed by atoms with E-state index in [9.17, 15) is 0 Å². The number of fused-ring (bicyclic) bond motifs is 8. The van der Waals surface area contributed by atoms with Gasteiger partial charge >= 0.3 is 0 Å². The molecule has 0 saturated heterocycles. The Labute approximate surface area is 289 Å². The van der Waals surface area contributed by atoms with Crippen LogP contribution >= 0.6 is 0 Å². The van der Waals surface area contributed by atoms with Crippen molar-refractivity contribution < 1.29 is 4.42 Å². The minimum Gasteiger partial charge on any atom is -0.456 e. The number of anilines is 3. The largest absolute Gasteiger partial charge is 0.456 e. The highest BCUT2D eigenvalue weighted by molar-refractivity contribution is 6.21. The molecule has 0 N–H and O–H groups in total. The van der Waals surface area contributed by atoms with Gasteiger partial charge in [-0.05, 0) is 103 Å². The van der Waals surface area contributed by atoms with Gasteiger partial charge in [-0.2, -0.15) is 0 Å². The number of pyridine rings is 1. The standard InChI is InChI=1S/C47H30N2O/c1-2-9-31(10-3-1)32-17-22-35(23-18-32)49(44-15-8-16-46-47(44)43-30-48-28-27-45(43)50-46)36-24-19-34(20-25-36)41-29-42-37-12-5-4-11-33(37)21-26-40(42)38-13-6-7-14-39(38)41/h1-30H. The molecule has 0 spiro atoms. The third kappa shape index (κ3) is 4.56. The Kier molecular flexibility index (Phi) is 6.49. The number of aromatic nitrogens is 1. The second-order valence-corrected chi connectivity index (χ2v) is 12.8. The Balaban J connectivity index is 1.16. The zero-order valence-corrected chi connectivity index (χ0v) is 27.1. The van der Waals surface area contributed by atoms with Crippen LogP contribution in [0.25, 0.3) is 76.5 Å². The van der Waals surface area contributed by atoms with Crippen molar-refractivity contribution in [2.45, 2.75) is 0 Å². The van der Waals surface area contributed by atoms with Crippen LogP contribution < -0.4 is 4.90 Å². The van der Waals surface area contributed by atoms with Gasteiger partial charge in [0.2, 0.25) is 0 Å². The van der Waals surface area contributed by atoms with Crippen LogP contribution in [0.3, 0.4) is 0 Å². The van der Waals surface area contributed by atoms with E-state index in [4.69, 9.17) is 4.42 Å². The average Bonchev–Trinajstić information content (AvgIpc) is 3.58. The SMILES string of the molecule is c1ccc(-c2ccc(N(c3ccc(-c4cc5c6ccccc6ccc5c5ccccc45)cc3)c3cccc4oc5ccncc5c34)cc2)cc1. The Morgan fingerprint density at radius 1 is 0.420 bits per heavy atom. The van der Waals surface area contributed by atoms with Gasteiger partial charge in [0.15, 0.2) is 0 Å². The van der Waals surface area contributed by atoms with Crippen LogP contribution in [-0.4, -0.2) is 4.98 Å². The second-order valence-electron chi connectivity index (χ2n) is 12.8. The molecule has 0 bridgehead atoms. The Morgan fingerprint density at radius 3 is 1.88 bits per heavy atom. The van der Waals surface area contributed by atoms with Crippen LogP contribution in [0.2, 0.25) is 0 Å². The number of rotatable bonds is 5. The summed E-state index contributed by atoms with van der Waals surface area (Å²) in [5.74, 6) is 0. The fraction of sp³-hybridized carbons (Fsp3) is 0. The zero-order valence-electron chi connectivity index (χ0n) is 27.1. The molecule has 0 radical (unpaired) electrons. The topological polar surface area (TPSA) is 29.3 Å². The van der Waals surface area contributed by atoms with Crippen LogP contribution in [0.5, 0.6) is 0 Å². The predicted molar refractivity (Wildman–Crippen MR) is 210 cm³/mol. The first-order valence-corrected chi connectivity index (χ1v) is 16.9. The van der Waals surface area contributed by atoms with Gasteiger partial charge < -0.3 is 9.32 Å². The first kappa shape index (κ1) is 28.3. The minimum absolute atomic E-state index is 0.827. The van der Waals surface area contributed by atoms with Crippen molar-refractivity contribution in [1.29, 1.82) is 0 Å². The summed E-state index contributed by atoms with van der Waals surface area (Å²) in [5.41, 5.74) is 9.59. The Morgan fingerprint density at radius 2 is 1.08 bits per heavy atom. The lowest BCUT2D eigenvalue weighted by atomic mass is 9.91. The highest BCUT2D eigenvalue weighted by atomic mass is 16.3. The average molecular weight is 639 g/mol. The molecule has 10 rings (SSSR count). The van der Waals surface area contributed by atoms with Crippen molar-refractivity contribution in [1.82, 2.24) is 4.98 Å². The normalized spacial score (nSPS) is 11.6. The maximum absolute atomic E-state index is 6.31. The van der Waals surface area contributed by atoms with Gasteiger partial charge in [0.05, 0.1) is 11.1 Å². The lowest BCUT2D eigenvalue weighted by Crippen LogP contribution is -2.10. The minimum atomic E-state index is 0.827. The van der Waals surface area contributed by atoms with Crippen molar-refractivity contribution in [2.24, 2.45) is 0 Å². The van der Waals surface area contributed by atoms with Crippen LogP contribution in [0.1, 0.15) is 0 Å². The van der Waals surface area contributed by atoms with Gasteiger partial charge in [0, 0.05) is 29.2 Å². The second kappa shape index (κ2) is 11.5.